The van der Waals surface area contributed by atoms with Gasteiger partial charge in [0.2, 0.25) is 13.7 Å². The van der Waals surface area contributed by atoms with Gasteiger partial charge < -0.3 is 4.74 Å². The average Bonchev–Trinajstić information content (AvgIpc) is 2.40. The van der Waals surface area contributed by atoms with Crippen LogP contribution in [0.5, 0.6) is 0 Å². The SMILES string of the molecule is CP(C)(=O)OC1OC(=O)c2ccc(Br)cc21. The molecule has 86 valence electrons. The second-order valence-corrected chi connectivity index (χ2v) is 7.46. The Morgan fingerprint density at radius 2 is 2.12 bits per heavy atom. The Kier molecular flexibility index (Phi) is 2.95. The summed E-state index contributed by atoms with van der Waals surface area (Å²) in [6, 6.07) is 5.14. The van der Waals surface area contributed by atoms with E-state index in [0.717, 1.165) is 4.47 Å². The van der Waals surface area contributed by atoms with Crippen LogP contribution in [0.2, 0.25) is 0 Å². The molecular formula is C10H10BrO4P. The quantitative estimate of drug-likeness (QED) is 0.622. The van der Waals surface area contributed by atoms with E-state index < -0.39 is 19.6 Å². The molecule has 0 saturated carbocycles. The summed E-state index contributed by atoms with van der Waals surface area (Å²) < 4.78 is 22.6. The summed E-state index contributed by atoms with van der Waals surface area (Å²) in [6.07, 6.45) is -0.860. The molecule has 1 aromatic rings. The van der Waals surface area contributed by atoms with Gasteiger partial charge in [-0.1, -0.05) is 15.9 Å². The van der Waals surface area contributed by atoms with Gasteiger partial charge in [-0.25, -0.2) is 4.79 Å². The lowest BCUT2D eigenvalue weighted by molar-refractivity contribution is -0.0356. The Morgan fingerprint density at radius 3 is 2.75 bits per heavy atom. The maximum Gasteiger partial charge on any atom is 0.341 e. The van der Waals surface area contributed by atoms with E-state index in [-0.39, 0.29) is 0 Å². The number of halogens is 1. The molecule has 0 radical (unpaired) electrons. The summed E-state index contributed by atoms with van der Waals surface area (Å²) in [7, 11) is -2.70. The number of rotatable bonds is 2. The summed E-state index contributed by atoms with van der Waals surface area (Å²) in [5.74, 6) is -0.444. The van der Waals surface area contributed by atoms with Crippen molar-refractivity contribution in [3.63, 3.8) is 0 Å². The summed E-state index contributed by atoms with van der Waals surface area (Å²) in [6.45, 7) is 2.97. The Hall–Kier alpha value is -0.640. The van der Waals surface area contributed by atoms with Crippen molar-refractivity contribution < 1.29 is 18.6 Å². The van der Waals surface area contributed by atoms with Crippen LogP contribution in [0.4, 0.5) is 0 Å². The monoisotopic (exact) mass is 304 g/mol. The van der Waals surface area contributed by atoms with Crippen molar-refractivity contribution in [2.24, 2.45) is 0 Å². The first-order chi connectivity index (χ1) is 7.37. The Bertz CT molecular complexity index is 494. The van der Waals surface area contributed by atoms with E-state index in [4.69, 9.17) is 9.26 Å². The van der Waals surface area contributed by atoms with Crippen LogP contribution in [0, 0.1) is 0 Å². The van der Waals surface area contributed by atoms with Gasteiger partial charge >= 0.3 is 5.97 Å². The highest BCUT2D eigenvalue weighted by Crippen LogP contribution is 2.47. The van der Waals surface area contributed by atoms with Crippen molar-refractivity contribution in [1.82, 2.24) is 0 Å². The lowest BCUT2D eigenvalue weighted by atomic mass is 10.1. The fourth-order valence-electron chi connectivity index (χ4n) is 1.45. The molecule has 4 nitrogen and oxygen atoms in total. The second kappa shape index (κ2) is 3.99. The van der Waals surface area contributed by atoms with Gasteiger partial charge in [0.25, 0.3) is 0 Å². The van der Waals surface area contributed by atoms with Crippen molar-refractivity contribution in [3.8, 4) is 0 Å². The summed E-state index contributed by atoms with van der Waals surface area (Å²) in [4.78, 5) is 11.5. The third-order valence-corrected chi connectivity index (χ3v) is 3.24. The van der Waals surface area contributed by atoms with E-state index in [0.29, 0.717) is 11.1 Å². The highest BCUT2D eigenvalue weighted by Gasteiger charge is 2.34. The summed E-state index contributed by atoms with van der Waals surface area (Å²) in [5.41, 5.74) is 1.07. The number of hydrogen-bond donors (Lipinski definition) is 0. The molecule has 1 atom stereocenters. The van der Waals surface area contributed by atoms with Gasteiger partial charge in [0.1, 0.15) is 0 Å². The zero-order chi connectivity index (χ0) is 11.9. The average molecular weight is 305 g/mol. The van der Waals surface area contributed by atoms with Crippen molar-refractivity contribution in [1.29, 1.82) is 0 Å². The minimum Gasteiger partial charge on any atom is -0.427 e. The fraction of sp³-hybridized carbons (Fsp3) is 0.300. The van der Waals surface area contributed by atoms with E-state index in [9.17, 15) is 9.36 Å². The smallest absolute Gasteiger partial charge is 0.341 e. The first-order valence-electron chi connectivity index (χ1n) is 4.60. The third kappa shape index (κ3) is 2.37. The zero-order valence-electron chi connectivity index (χ0n) is 8.77. The molecule has 0 N–H and O–H groups in total. The number of cyclic esters (lactones) is 1. The van der Waals surface area contributed by atoms with Gasteiger partial charge in [-0.2, -0.15) is 0 Å². The zero-order valence-corrected chi connectivity index (χ0v) is 11.2. The fourth-order valence-corrected chi connectivity index (χ4v) is 2.44. The van der Waals surface area contributed by atoms with Gasteiger partial charge in [-0.15, -0.1) is 0 Å². The van der Waals surface area contributed by atoms with Crippen LogP contribution in [0.1, 0.15) is 22.2 Å². The van der Waals surface area contributed by atoms with E-state index in [1.807, 2.05) is 0 Å². The van der Waals surface area contributed by atoms with Crippen molar-refractivity contribution in [3.05, 3.63) is 33.8 Å². The number of carbonyl (C=O) groups excluding carboxylic acids is 1. The topological polar surface area (TPSA) is 52.6 Å². The second-order valence-electron chi connectivity index (χ2n) is 3.83. The van der Waals surface area contributed by atoms with E-state index >= 15 is 0 Å². The first-order valence-corrected chi connectivity index (χ1v) is 7.92. The number of carbonyl (C=O) groups is 1. The van der Waals surface area contributed by atoms with Crippen molar-refractivity contribution in [2.75, 3.05) is 13.3 Å². The highest BCUT2D eigenvalue weighted by atomic mass is 79.9. The van der Waals surface area contributed by atoms with Crippen LogP contribution in [0.15, 0.2) is 22.7 Å². The molecule has 6 heteroatoms. The molecule has 0 fully saturated rings. The number of ether oxygens (including phenoxy) is 1. The molecule has 1 aliphatic rings. The minimum absolute atomic E-state index is 0.444. The normalized spacial score (nSPS) is 19.4. The molecular weight excluding hydrogens is 295 g/mol. The Morgan fingerprint density at radius 1 is 1.44 bits per heavy atom. The minimum atomic E-state index is -2.70. The van der Waals surface area contributed by atoms with Crippen molar-refractivity contribution >= 4 is 29.3 Å². The van der Waals surface area contributed by atoms with Crippen LogP contribution < -0.4 is 0 Å². The van der Waals surface area contributed by atoms with Gasteiger partial charge in [-0.3, -0.25) is 9.09 Å². The largest absolute Gasteiger partial charge is 0.427 e. The molecule has 0 spiro atoms. The number of hydrogen-bond acceptors (Lipinski definition) is 4. The standard InChI is InChI=1S/C10H10BrO4P/c1-16(2,13)15-10-8-5-6(11)3-4-7(8)9(12)14-10/h3-5,10H,1-2H3. The Labute approximate surface area is 102 Å². The predicted molar refractivity (Wildman–Crippen MR) is 62.8 cm³/mol. The summed E-state index contributed by atoms with van der Waals surface area (Å²) in [5, 5.41) is 0. The molecule has 0 saturated heterocycles. The van der Waals surface area contributed by atoms with Crippen LogP contribution in [-0.2, 0) is 13.8 Å². The van der Waals surface area contributed by atoms with Crippen LogP contribution in [0.3, 0.4) is 0 Å². The van der Waals surface area contributed by atoms with E-state index in [1.165, 1.54) is 13.3 Å². The highest BCUT2D eigenvalue weighted by molar-refractivity contribution is 9.10. The lowest BCUT2D eigenvalue weighted by Crippen LogP contribution is -2.01. The first kappa shape index (κ1) is 11.8. The number of benzene rings is 1. The number of esters is 1. The maximum absolute atomic E-state index is 11.5. The van der Waals surface area contributed by atoms with Gasteiger partial charge in [-0.05, 0) is 18.2 Å². The van der Waals surface area contributed by atoms with E-state index in [2.05, 4.69) is 15.9 Å². The Balaban J connectivity index is 2.38. The molecule has 1 aliphatic heterocycles. The molecule has 0 bridgehead atoms. The lowest BCUT2D eigenvalue weighted by Gasteiger charge is -2.14. The molecule has 0 aromatic heterocycles. The third-order valence-electron chi connectivity index (χ3n) is 2.05. The molecule has 16 heavy (non-hydrogen) atoms. The van der Waals surface area contributed by atoms with Crippen LogP contribution in [0.25, 0.3) is 0 Å². The molecule has 1 aromatic carbocycles. The van der Waals surface area contributed by atoms with E-state index in [1.54, 1.807) is 18.2 Å². The summed E-state index contributed by atoms with van der Waals surface area (Å²) >= 11 is 3.30. The number of fused-ring (bicyclic) bond motifs is 1. The van der Waals surface area contributed by atoms with Gasteiger partial charge in [0.05, 0.1) is 5.56 Å². The molecule has 2 rings (SSSR count). The molecule has 0 amide bonds. The van der Waals surface area contributed by atoms with Crippen molar-refractivity contribution in [2.45, 2.75) is 6.29 Å². The van der Waals surface area contributed by atoms with Gasteiger partial charge in [0.15, 0.2) is 0 Å². The van der Waals surface area contributed by atoms with Gasteiger partial charge in [0, 0.05) is 23.4 Å². The molecule has 1 unspecified atom stereocenters. The van der Waals surface area contributed by atoms with Crippen LogP contribution >= 0.6 is 23.3 Å². The molecule has 1 heterocycles. The van der Waals surface area contributed by atoms with Crippen LogP contribution in [-0.4, -0.2) is 19.3 Å². The predicted octanol–water partition coefficient (Wildman–Crippen LogP) is 3.17. The maximum atomic E-state index is 11.5. The molecule has 0 aliphatic carbocycles.